The Balaban J connectivity index is 1.56. The zero-order valence-electron chi connectivity index (χ0n) is 16.8. The topological polar surface area (TPSA) is 54.3 Å². The van der Waals surface area contributed by atoms with Crippen LogP contribution in [-0.4, -0.2) is 34.6 Å². The van der Waals surface area contributed by atoms with Crippen LogP contribution in [0.5, 0.6) is 0 Å². The second-order valence-corrected chi connectivity index (χ2v) is 8.76. The lowest BCUT2D eigenvalue weighted by Gasteiger charge is -2.43. The number of aromatic nitrogens is 1. The summed E-state index contributed by atoms with van der Waals surface area (Å²) in [6.07, 6.45) is 4.83. The molecule has 2 bridgehead atoms. The van der Waals surface area contributed by atoms with Gasteiger partial charge in [0, 0.05) is 47.9 Å². The van der Waals surface area contributed by atoms with Crippen LogP contribution >= 0.6 is 11.6 Å². The van der Waals surface area contributed by atoms with Crippen molar-refractivity contribution in [2.75, 3.05) is 13.1 Å². The first-order valence-electron chi connectivity index (χ1n) is 10.1. The van der Waals surface area contributed by atoms with Crippen LogP contribution in [-0.2, 0) is 6.54 Å². The van der Waals surface area contributed by atoms with Crippen LogP contribution in [0.4, 0.5) is 4.79 Å². The molecule has 3 heterocycles. The van der Waals surface area contributed by atoms with Crippen molar-refractivity contribution in [3.8, 4) is 0 Å². The van der Waals surface area contributed by atoms with E-state index in [2.05, 4.69) is 5.32 Å². The minimum Gasteiger partial charge on any atom is -0.336 e. The average Bonchev–Trinajstić information content (AvgIpc) is 2.68. The molecule has 0 saturated carbocycles. The van der Waals surface area contributed by atoms with Crippen LogP contribution in [0, 0.1) is 5.92 Å². The monoisotopic (exact) mass is 411 g/mol. The maximum atomic E-state index is 13.1. The summed E-state index contributed by atoms with van der Waals surface area (Å²) in [6.45, 7) is 5.96. The second-order valence-electron chi connectivity index (χ2n) is 8.32. The van der Waals surface area contributed by atoms with Crippen LogP contribution in [0.1, 0.15) is 43.0 Å². The molecule has 6 heteroatoms. The maximum Gasteiger partial charge on any atom is 0.317 e. The molecule has 0 spiro atoms. The molecule has 1 N–H and O–H groups in total. The highest BCUT2D eigenvalue weighted by atomic mass is 35.5. The van der Waals surface area contributed by atoms with Crippen molar-refractivity contribution >= 4 is 29.8 Å². The Labute approximate surface area is 176 Å². The molecular formula is C23H26ClN3O2. The lowest BCUT2D eigenvalue weighted by atomic mass is 9.83. The summed E-state index contributed by atoms with van der Waals surface area (Å²) < 4.78 is 1.91. The second kappa shape index (κ2) is 8.07. The number of fused-ring (bicyclic) bond motifs is 4. The van der Waals surface area contributed by atoms with Gasteiger partial charge in [0.1, 0.15) is 0 Å². The number of pyridine rings is 1. The molecular weight excluding hydrogens is 386 g/mol. The van der Waals surface area contributed by atoms with E-state index in [1.807, 2.05) is 71.9 Å². The smallest absolute Gasteiger partial charge is 0.317 e. The quantitative estimate of drug-likeness (QED) is 0.822. The molecule has 0 radical (unpaired) electrons. The molecule has 2 amide bonds. The lowest BCUT2D eigenvalue weighted by molar-refractivity contribution is 0.129. The molecule has 1 saturated heterocycles. The minimum absolute atomic E-state index is 0.00647. The first-order valence-corrected chi connectivity index (χ1v) is 10.5. The van der Waals surface area contributed by atoms with Crippen molar-refractivity contribution in [3.05, 3.63) is 68.6 Å². The fraction of sp³-hybridized carbons (Fsp3) is 0.391. The summed E-state index contributed by atoms with van der Waals surface area (Å²) in [5, 5.41) is 3.68. The molecule has 4 rings (SSSR count). The summed E-state index contributed by atoms with van der Waals surface area (Å²) in [5.41, 5.74) is 2.76. The van der Waals surface area contributed by atoms with E-state index in [-0.39, 0.29) is 23.6 Å². The highest BCUT2D eigenvalue weighted by molar-refractivity contribution is 6.30. The Kier molecular flexibility index (Phi) is 5.50. The lowest BCUT2D eigenvalue weighted by Crippen LogP contribution is -2.53. The number of hydrogen-bond acceptors (Lipinski definition) is 2. The van der Waals surface area contributed by atoms with Gasteiger partial charge in [-0.1, -0.05) is 29.8 Å². The molecule has 2 aromatic rings. The first kappa shape index (κ1) is 19.8. The van der Waals surface area contributed by atoms with Gasteiger partial charge in [0.25, 0.3) is 5.56 Å². The summed E-state index contributed by atoms with van der Waals surface area (Å²) in [4.78, 5) is 27.4. The minimum atomic E-state index is -0.00647. The fourth-order valence-corrected chi connectivity index (χ4v) is 4.48. The highest BCUT2D eigenvalue weighted by Crippen LogP contribution is 2.35. The SMILES string of the molecule is CC(C)NC(=O)N1CC2CC(C1)c1ccc(C=Cc3ccc(Cl)cc3)c(=O)n1C2. The predicted octanol–water partition coefficient (Wildman–Crippen LogP) is 4.21. The molecule has 2 unspecified atom stereocenters. The number of hydrogen-bond donors (Lipinski definition) is 1. The number of piperidine rings is 1. The molecule has 0 aliphatic carbocycles. The molecule has 2 atom stereocenters. The van der Waals surface area contributed by atoms with Gasteiger partial charge in [-0.2, -0.15) is 0 Å². The van der Waals surface area contributed by atoms with Crippen molar-refractivity contribution in [1.82, 2.24) is 14.8 Å². The number of halogens is 1. The van der Waals surface area contributed by atoms with E-state index in [1.165, 1.54) is 0 Å². The van der Waals surface area contributed by atoms with Crippen molar-refractivity contribution < 1.29 is 4.79 Å². The van der Waals surface area contributed by atoms with Crippen LogP contribution in [0.2, 0.25) is 5.02 Å². The molecule has 2 aliphatic heterocycles. The Hall–Kier alpha value is -2.53. The van der Waals surface area contributed by atoms with Gasteiger partial charge in [0.05, 0.1) is 0 Å². The molecule has 1 fully saturated rings. The number of nitrogens with zero attached hydrogens (tertiary/aromatic N) is 2. The maximum absolute atomic E-state index is 13.1. The number of benzene rings is 1. The van der Waals surface area contributed by atoms with E-state index in [1.54, 1.807) is 0 Å². The number of likely N-dealkylation sites (tertiary alicyclic amines) is 1. The van der Waals surface area contributed by atoms with Crippen LogP contribution in [0.25, 0.3) is 12.2 Å². The van der Waals surface area contributed by atoms with Gasteiger partial charge in [0.15, 0.2) is 0 Å². The molecule has 1 aromatic heterocycles. The molecule has 5 nitrogen and oxygen atoms in total. The number of urea groups is 1. The van der Waals surface area contributed by atoms with Crippen molar-refractivity contribution in [2.45, 2.75) is 38.8 Å². The normalized spacial score (nSPS) is 20.8. The van der Waals surface area contributed by atoms with E-state index in [0.29, 0.717) is 36.1 Å². The Morgan fingerprint density at radius 3 is 2.59 bits per heavy atom. The van der Waals surface area contributed by atoms with E-state index in [4.69, 9.17) is 11.6 Å². The summed E-state index contributed by atoms with van der Waals surface area (Å²) >= 11 is 5.93. The number of carbonyl (C=O) groups excluding carboxylic acids is 1. The number of carbonyl (C=O) groups is 1. The van der Waals surface area contributed by atoms with Crippen molar-refractivity contribution in [2.24, 2.45) is 5.92 Å². The Morgan fingerprint density at radius 2 is 1.86 bits per heavy atom. The van der Waals surface area contributed by atoms with Gasteiger partial charge < -0.3 is 14.8 Å². The predicted molar refractivity (Wildman–Crippen MR) is 117 cm³/mol. The molecule has 29 heavy (non-hydrogen) atoms. The number of rotatable bonds is 3. The zero-order valence-corrected chi connectivity index (χ0v) is 17.5. The fourth-order valence-electron chi connectivity index (χ4n) is 4.35. The van der Waals surface area contributed by atoms with E-state index in [9.17, 15) is 9.59 Å². The largest absolute Gasteiger partial charge is 0.336 e. The number of nitrogens with one attached hydrogen (secondary N) is 1. The van der Waals surface area contributed by atoms with E-state index >= 15 is 0 Å². The zero-order chi connectivity index (χ0) is 20.5. The first-order chi connectivity index (χ1) is 13.9. The van der Waals surface area contributed by atoms with Gasteiger partial charge >= 0.3 is 6.03 Å². The van der Waals surface area contributed by atoms with Gasteiger partial charge in [-0.3, -0.25) is 4.79 Å². The van der Waals surface area contributed by atoms with Gasteiger partial charge in [0.2, 0.25) is 0 Å². The highest BCUT2D eigenvalue weighted by Gasteiger charge is 2.36. The standard InChI is InChI=1S/C23H26ClN3O2/c1-15(2)25-23(29)26-12-17-11-19(14-26)21-10-7-18(22(28)27(21)13-17)6-3-16-4-8-20(24)9-5-16/h3-10,15,17,19H,11-14H2,1-2H3,(H,25,29). The van der Waals surface area contributed by atoms with Gasteiger partial charge in [-0.25, -0.2) is 4.79 Å². The molecule has 152 valence electrons. The third-order valence-corrected chi connectivity index (χ3v) is 5.91. The van der Waals surface area contributed by atoms with Crippen molar-refractivity contribution in [1.29, 1.82) is 0 Å². The van der Waals surface area contributed by atoms with E-state index < -0.39 is 0 Å². The average molecular weight is 412 g/mol. The third-order valence-electron chi connectivity index (χ3n) is 5.66. The summed E-state index contributed by atoms with van der Waals surface area (Å²) in [6, 6.07) is 11.6. The van der Waals surface area contributed by atoms with Gasteiger partial charge in [-0.15, -0.1) is 0 Å². The summed E-state index contributed by atoms with van der Waals surface area (Å²) in [7, 11) is 0. The molecule has 2 aliphatic rings. The van der Waals surface area contributed by atoms with Crippen LogP contribution in [0.15, 0.2) is 41.2 Å². The van der Waals surface area contributed by atoms with E-state index in [0.717, 1.165) is 17.7 Å². The number of amides is 2. The van der Waals surface area contributed by atoms with Gasteiger partial charge in [-0.05, 0) is 62.1 Å². The Bertz CT molecular complexity index is 994. The third kappa shape index (κ3) is 4.25. The van der Waals surface area contributed by atoms with Crippen molar-refractivity contribution in [3.63, 3.8) is 0 Å². The molecule has 1 aromatic carbocycles. The Morgan fingerprint density at radius 1 is 1.10 bits per heavy atom. The summed E-state index contributed by atoms with van der Waals surface area (Å²) in [5.74, 6) is 0.523. The van der Waals surface area contributed by atoms with Crippen LogP contribution in [0.3, 0.4) is 0 Å². The van der Waals surface area contributed by atoms with Crippen LogP contribution < -0.4 is 10.9 Å².